The second-order valence-corrected chi connectivity index (χ2v) is 7.26. The van der Waals surface area contributed by atoms with Gasteiger partial charge in [0.25, 0.3) is 0 Å². The van der Waals surface area contributed by atoms with Gasteiger partial charge in [0, 0.05) is 38.8 Å². The van der Waals surface area contributed by atoms with Crippen LogP contribution in [-0.2, 0) is 6.54 Å². The Morgan fingerprint density at radius 1 is 1.12 bits per heavy atom. The van der Waals surface area contributed by atoms with Crippen LogP contribution in [0.25, 0.3) is 0 Å². The van der Waals surface area contributed by atoms with E-state index in [2.05, 4.69) is 40.2 Å². The lowest BCUT2D eigenvalue weighted by atomic mass is 10.1. The van der Waals surface area contributed by atoms with E-state index in [1.807, 2.05) is 0 Å². The lowest BCUT2D eigenvalue weighted by Gasteiger charge is -2.34. The summed E-state index contributed by atoms with van der Waals surface area (Å²) in [6.45, 7) is 10.6. The molecule has 2 saturated heterocycles. The third-order valence-corrected chi connectivity index (χ3v) is 5.37. The summed E-state index contributed by atoms with van der Waals surface area (Å²) in [5.41, 5.74) is 1.29. The van der Waals surface area contributed by atoms with Crippen molar-refractivity contribution < 1.29 is 9.47 Å². The number of rotatable bonds is 7. The van der Waals surface area contributed by atoms with Gasteiger partial charge in [-0.1, -0.05) is 12.5 Å². The number of benzene rings is 1. The number of piperidine rings is 1. The molecule has 1 unspecified atom stereocenters. The van der Waals surface area contributed by atoms with Crippen LogP contribution >= 0.6 is 0 Å². The summed E-state index contributed by atoms with van der Waals surface area (Å²) >= 11 is 0. The highest BCUT2D eigenvalue weighted by atomic mass is 16.5. The minimum atomic E-state index is 0.570. The molecule has 2 fully saturated rings. The molecule has 2 aliphatic rings. The normalized spacial score (nSPS) is 22.7. The maximum Gasteiger partial charge on any atom is 0.161 e. The van der Waals surface area contributed by atoms with E-state index in [4.69, 9.17) is 9.47 Å². The Labute approximate surface area is 152 Å². The summed E-state index contributed by atoms with van der Waals surface area (Å²) in [6, 6.07) is 6.94. The number of likely N-dealkylation sites (tertiary alicyclic amines) is 1. The van der Waals surface area contributed by atoms with Crippen molar-refractivity contribution in [3.63, 3.8) is 0 Å². The average molecular weight is 348 g/mol. The van der Waals surface area contributed by atoms with Crippen LogP contribution in [0, 0.1) is 0 Å². The van der Waals surface area contributed by atoms with Crippen molar-refractivity contribution in [2.75, 3.05) is 53.0 Å². The van der Waals surface area contributed by atoms with Gasteiger partial charge >= 0.3 is 0 Å². The third kappa shape index (κ3) is 5.33. The van der Waals surface area contributed by atoms with Crippen molar-refractivity contribution in [2.24, 2.45) is 0 Å². The number of nitrogens with one attached hydrogen (secondary N) is 1. The lowest BCUT2D eigenvalue weighted by molar-refractivity contribution is 0.165. The fraction of sp³-hybridized carbons (Fsp3) is 0.700. The van der Waals surface area contributed by atoms with E-state index in [9.17, 15) is 0 Å². The molecule has 140 valence electrons. The summed E-state index contributed by atoms with van der Waals surface area (Å²) in [5, 5.41) is 3.44. The summed E-state index contributed by atoms with van der Waals surface area (Å²) in [4.78, 5) is 5.01. The van der Waals surface area contributed by atoms with E-state index in [1.54, 1.807) is 7.11 Å². The highest BCUT2D eigenvalue weighted by Crippen LogP contribution is 2.29. The van der Waals surface area contributed by atoms with Crippen molar-refractivity contribution in [2.45, 2.75) is 38.8 Å². The molecule has 1 aromatic rings. The van der Waals surface area contributed by atoms with E-state index < -0.39 is 0 Å². The predicted molar refractivity (Wildman–Crippen MR) is 102 cm³/mol. The van der Waals surface area contributed by atoms with Gasteiger partial charge in [0.1, 0.15) is 6.61 Å². The molecule has 2 aliphatic heterocycles. The average Bonchev–Trinajstić information content (AvgIpc) is 2.65. The number of nitrogens with zero attached hydrogens (tertiary/aromatic N) is 2. The first-order valence-electron chi connectivity index (χ1n) is 9.73. The molecule has 0 spiro atoms. The van der Waals surface area contributed by atoms with Crippen LogP contribution in [0.2, 0.25) is 0 Å². The van der Waals surface area contributed by atoms with Crippen molar-refractivity contribution in [1.29, 1.82) is 0 Å². The molecular weight excluding hydrogens is 314 g/mol. The molecule has 2 heterocycles. The zero-order valence-electron chi connectivity index (χ0n) is 15.8. The monoisotopic (exact) mass is 347 g/mol. The number of hydrogen-bond donors (Lipinski definition) is 1. The minimum absolute atomic E-state index is 0.570. The molecule has 5 heteroatoms. The van der Waals surface area contributed by atoms with Gasteiger partial charge in [-0.2, -0.15) is 0 Å². The van der Waals surface area contributed by atoms with E-state index in [1.165, 1.54) is 37.9 Å². The van der Waals surface area contributed by atoms with Gasteiger partial charge in [0.15, 0.2) is 11.5 Å². The fourth-order valence-corrected chi connectivity index (χ4v) is 3.75. The molecule has 3 rings (SSSR count). The lowest BCUT2D eigenvalue weighted by Crippen LogP contribution is -2.49. The summed E-state index contributed by atoms with van der Waals surface area (Å²) in [6.07, 6.45) is 4.02. The first-order valence-corrected chi connectivity index (χ1v) is 9.73. The molecule has 1 N–H and O–H groups in total. The first-order chi connectivity index (χ1) is 12.3. The fourth-order valence-electron chi connectivity index (χ4n) is 3.75. The van der Waals surface area contributed by atoms with Crippen molar-refractivity contribution in [1.82, 2.24) is 15.1 Å². The van der Waals surface area contributed by atoms with Crippen molar-refractivity contribution in [3.05, 3.63) is 23.8 Å². The topological polar surface area (TPSA) is 37.0 Å². The van der Waals surface area contributed by atoms with Gasteiger partial charge in [-0.3, -0.25) is 9.80 Å². The molecule has 0 bridgehead atoms. The zero-order chi connectivity index (χ0) is 17.5. The van der Waals surface area contributed by atoms with E-state index in [0.29, 0.717) is 6.04 Å². The number of piperazine rings is 1. The van der Waals surface area contributed by atoms with E-state index in [-0.39, 0.29) is 0 Å². The molecule has 0 saturated carbocycles. The second-order valence-electron chi connectivity index (χ2n) is 7.26. The Morgan fingerprint density at radius 3 is 2.72 bits per heavy atom. The third-order valence-electron chi connectivity index (χ3n) is 5.37. The van der Waals surface area contributed by atoms with Gasteiger partial charge < -0.3 is 14.8 Å². The molecule has 25 heavy (non-hydrogen) atoms. The molecule has 1 atom stereocenters. The quantitative estimate of drug-likeness (QED) is 0.819. The smallest absolute Gasteiger partial charge is 0.161 e. The van der Waals surface area contributed by atoms with Crippen molar-refractivity contribution >= 4 is 0 Å². The largest absolute Gasteiger partial charge is 0.493 e. The summed E-state index contributed by atoms with van der Waals surface area (Å²) in [5.74, 6) is 1.70. The Kier molecular flexibility index (Phi) is 6.96. The standard InChI is InChI=1S/C20H33N3O2/c1-17-15-21-8-11-23(17)16-18-6-7-19(20(14-18)24-2)25-13-12-22-9-4-3-5-10-22/h6-7,14,17,21H,3-5,8-13,15-16H2,1-2H3. The van der Waals surface area contributed by atoms with Crippen LogP contribution in [0.5, 0.6) is 11.5 Å². The van der Waals surface area contributed by atoms with Gasteiger partial charge in [0.2, 0.25) is 0 Å². The molecular formula is C20H33N3O2. The Bertz CT molecular complexity index is 532. The Balaban J connectivity index is 1.53. The number of hydrogen-bond acceptors (Lipinski definition) is 5. The molecule has 0 aromatic heterocycles. The van der Waals surface area contributed by atoms with Crippen LogP contribution in [0.15, 0.2) is 18.2 Å². The van der Waals surface area contributed by atoms with Gasteiger partial charge in [-0.15, -0.1) is 0 Å². The molecule has 5 nitrogen and oxygen atoms in total. The first kappa shape index (κ1) is 18.5. The maximum atomic E-state index is 6.01. The summed E-state index contributed by atoms with van der Waals surface area (Å²) < 4.78 is 11.6. The SMILES string of the molecule is COc1cc(CN2CCNCC2C)ccc1OCCN1CCCCC1. The summed E-state index contributed by atoms with van der Waals surface area (Å²) in [7, 11) is 1.73. The van der Waals surface area contributed by atoms with Crippen LogP contribution in [-0.4, -0.2) is 68.8 Å². The molecule has 0 amide bonds. The maximum absolute atomic E-state index is 6.01. The van der Waals surface area contributed by atoms with Crippen molar-refractivity contribution in [3.8, 4) is 11.5 Å². The zero-order valence-corrected chi connectivity index (χ0v) is 15.8. The highest BCUT2D eigenvalue weighted by Gasteiger charge is 2.18. The van der Waals surface area contributed by atoms with Gasteiger partial charge in [-0.25, -0.2) is 0 Å². The molecule has 0 aliphatic carbocycles. The van der Waals surface area contributed by atoms with E-state index in [0.717, 1.165) is 50.8 Å². The molecule has 0 radical (unpaired) electrons. The van der Waals surface area contributed by atoms with Crippen LogP contribution in [0.1, 0.15) is 31.7 Å². The number of ether oxygens (including phenoxy) is 2. The van der Waals surface area contributed by atoms with E-state index >= 15 is 0 Å². The predicted octanol–water partition coefficient (Wildman–Crippen LogP) is 2.35. The number of methoxy groups -OCH3 is 1. The van der Waals surface area contributed by atoms with Gasteiger partial charge in [-0.05, 0) is 50.6 Å². The highest BCUT2D eigenvalue weighted by molar-refractivity contribution is 5.43. The van der Waals surface area contributed by atoms with Crippen LogP contribution in [0.3, 0.4) is 0 Å². The van der Waals surface area contributed by atoms with Gasteiger partial charge in [0.05, 0.1) is 7.11 Å². The Hall–Kier alpha value is -1.30. The molecule has 1 aromatic carbocycles. The second kappa shape index (κ2) is 9.41. The minimum Gasteiger partial charge on any atom is -0.493 e. The van der Waals surface area contributed by atoms with Crippen LogP contribution in [0.4, 0.5) is 0 Å². The Morgan fingerprint density at radius 2 is 1.96 bits per heavy atom. The van der Waals surface area contributed by atoms with Crippen LogP contribution < -0.4 is 14.8 Å².